The van der Waals surface area contributed by atoms with E-state index >= 15 is 0 Å². The van der Waals surface area contributed by atoms with E-state index in [1.54, 1.807) is 11.3 Å². The third kappa shape index (κ3) is 3.24. The van der Waals surface area contributed by atoms with E-state index in [0.29, 0.717) is 5.88 Å². The monoisotopic (exact) mass is 335 g/mol. The number of alkyl halides is 1. The quantitative estimate of drug-likeness (QED) is 0.743. The van der Waals surface area contributed by atoms with Crippen molar-refractivity contribution >= 4 is 44.8 Å². The van der Waals surface area contributed by atoms with Crippen LogP contribution in [0.1, 0.15) is 36.0 Å². The van der Waals surface area contributed by atoms with Gasteiger partial charge in [0.2, 0.25) is 0 Å². The molecule has 2 nitrogen and oxygen atoms in total. The highest BCUT2D eigenvalue weighted by atomic mass is 79.9. The standard InChI is InChI=1S/C12H15BrClNOS/c13-11-6-9(8-17-11)12(16)15-5-3-1-2-4-10(15)7-14/h6,8,10H,1-5,7H2. The fourth-order valence-electron chi connectivity index (χ4n) is 2.19. The number of hydrogen-bond acceptors (Lipinski definition) is 2. The number of carbonyl (C=O) groups is 1. The lowest BCUT2D eigenvalue weighted by atomic mass is 10.1. The Balaban J connectivity index is 2.15. The second kappa shape index (κ2) is 6.21. The molecular formula is C12H15BrClNOS. The fraction of sp³-hybridized carbons (Fsp3) is 0.583. The van der Waals surface area contributed by atoms with Crippen LogP contribution in [-0.4, -0.2) is 29.3 Å². The molecule has 1 atom stereocenters. The average molecular weight is 337 g/mol. The van der Waals surface area contributed by atoms with E-state index in [2.05, 4.69) is 15.9 Å². The molecule has 94 valence electrons. The molecular weight excluding hydrogens is 322 g/mol. The molecule has 1 aromatic heterocycles. The molecule has 0 saturated carbocycles. The van der Waals surface area contributed by atoms with Crippen LogP contribution in [0.15, 0.2) is 15.2 Å². The van der Waals surface area contributed by atoms with Gasteiger partial charge in [-0.2, -0.15) is 0 Å². The Morgan fingerprint density at radius 2 is 2.35 bits per heavy atom. The van der Waals surface area contributed by atoms with Crippen molar-refractivity contribution in [2.24, 2.45) is 0 Å². The topological polar surface area (TPSA) is 20.3 Å². The average Bonchev–Trinajstić information content (AvgIpc) is 2.64. The van der Waals surface area contributed by atoms with E-state index in [4.69, 9.17) is 11.6 Å². The van der Waals surface area contributed by atoms with E-state index in [1.165, 1.54) is 12.8 Å². The van der Waals surface area contributed by atoms with Crippen molar-refractivity contribution < 1.29 is 4.79 Å². The van der Waals surface area contributed by atoms with Gasteiger partial charge >= 0.3 is 0 Å². The van der Waals surface area contributed by atoms with Gasteiger partial charge in [-0.1, -0.05) is 12.8 Å². The molecule has 1 aliphatic heterocycles. The summed E-state index contributed by atoms with van der Waals surface area (Å²) in [5.41, 5.74) is 0.777. The van der Waals surface area contributed by atoms with Crippen molar-refractivity contribution in [3.8, 4) is 0 Å². The number of amides is 1. The summed E-state index contributed by atoms with van der Waals surface area (Å²) >= 11 is 10.9. The largest absolute Gasteiger partial charge is 0.334 e. The number of carbonyl (C=O) groups excluding carboxylic acids is 1. The van der Waals surface area contributed by atoms with Crippen LogP contribution in [0.25, 0.3) is 0 Å². The highest BCUT2D eigenvalue weighted by Gasteiger charge is 2.26. The maximum Gasteiger partial charge on any atom is 0.255 e. The lowest BCUT2D eigenvalue weighted by Crippen LogP contribution is -2.40. The number of thiophene rings is 1. The van der Waals surface area contributed by atoms with Crippen molar-refractivity contribution in [1.29, 1.82) is 0 Å². The van der Waals surface area contributed by atoms with Crippen LogP contribution < -0.4 is 0 Å². The van der Waals surface area contributed by atoms with Crippen LogP contribution in [0.2, 0.25) is 0 Å². The summed E-state index contributed by atoms with van der Waals surface area (Å²) in [6, 6.07) is 2.09. The number of rotatable bonds is 2. The third-order valence-corrected chi connectivity index (χ3v) is 4.99. The molecule has 0 bridgehead atoms. The molecule has 0 aliphatic carbocycles. The summed E-state index contributed by atoms with van der Waals surface area (Å²) in [7, 11) is 0. The van der Waals surface area contributed by atoms with Gasteiger partial charge in [-0.05, 0) is 34.8 Å². The smallest absolute Gasteiger partial charge is 0.255 e. The van der Waals surface area contributed by atoms with Crippen molar-refractivity contribution in [2.45, 2.75) is 31.7 Å². The molecule has 2 rings (SSSR count). The van der Waals surface area contributed by atoms with Crippen LogP contribution in [-0.2, 0) is 0 Å². The predicted octanol–water partition coefficient (Wildman–Crippen LogP) is 4.13. The van der Waals surface area contributed by atoms with Gasteiger partial charge < -0.3 is 4.90 Å². The molecule has 1 saturated heterocycles. The van der Waals surface area contributed by atoms with Crippen LogP contribution in [0.3, 0.4) is 0 Å². The second-order valence-electron chi connectivity index (χ2n) is 4.30. The van der Waals surface area contributed by atoms with Gasteiger partial charge in [0.15, 0.2) is 0 Å². The third-order valence-electron chi connectivity index (χ3n) is 3.13. The van der Waals surface area contributed by atoms with Crippen molar-refractivity contribution in [3.63, 3.8) is 0 Å². The summed E-state index contributed by atoms with van der Waals surface area (Å²) in [6.45, 7) is 0.837. The molecule has 1 fully saturated rings. The predicted molar refractivity (Wildman–Crippen MR) is 76.0 cm³/mol. The summed E-state index contributed by atoms with van der Waals surface area (Å²) < 4.78 is 0.998. The highest BCUT2D eigenvalue weighted by molar-refractivity contribution is 9.11. The first-order valence-electron chi connectivity index (χ1n) is 5.83. The first-order chi connectivity index (χ1) is 8.22. The minimum Gasteiger partial charge on any atom is -0.334 e. The normalized spacial score (nSPS) is 21.3. The molecule has 2 heterocycles. The Kier molecular flexibility index (Phi) is 4.88. The lowest BCUT2D eigenvalue weighted by molar-refractivity contribution is 0.0701. The van der Waals surface area contributed by atoms with E-state index in [1.807, 2.05) is 16.3 Å². The van der Waals surface area contributed by atoms with Crippen molar-refractivity contribution in [3.05, 3.63) is 20.8 Å². The van der Waals surface area contributed by atoms with E-state index in [9.17, 15) is 4.79 Å². The number of halogens is 2. The van der Waals surface area contributed by atoms with Gasteiger partial charge in [0, 0.05) is 23.8 Å². The SMILES string of the molecule is O=C(c1csc(Br)c1)N1CCCCCC1CCl. The molecule has 1 aliphatic rings. The lowest BCUT2D eigenvalue weighted by Gasteiger charge is -2.28. The van der Waals surface area contributed by atoms with Gasteiger partial charge in [0.25, 0.3) is 5.91 Å². The Labute approximate surface area is 119 Å². The Bertz CT molecular complexity index is 396. The first-order valence-corrected chi connectivity index (χ1v) is 8.04. The van der Waals surface area contributed by atoms with Gasteiger partial charge in [0.05, 0.1) is 9.35 Å². The molecule has 5 heteroatoms. The molecule has 1 unspecified atom stereocenters. The Morgan fingerprint density at radius 3 is 3.00 bits per heavy atom. The van der Waals surface area contributed by atoms with Crippen LogP contribution in [0, 0.1) is 0 Å². The van der Waals surface area contributed by atoms with E-state index in [0.717, 1.165) is 28.7 Å². The fourth-order valence-corrected chi connectivity index (χ4v) is 3.64. The molecule has 0 N–H and O–H groups in total. The highest BCUT2D eigenvalue weighted by Crippen LogP contribution is 2.25. The van der Waals surface area contributed by atoms with Crippen molar-refractivity contribution in [2.75, 3.05) is 12.4 Å². The van der Waals surface area contributed by atoms with Crippen LogP contribution in [0.5, 0.6) is 0 Å². The first kappa shape index (κ1) is 13.4. The molecule has 1 aromatic rings. The Hall–Kier alpha value is -0.0600. The van der Waals surface area contributed by atoms with Crippen LogP contribution >= 0.6 is 38.9 Å². The summed E-state index contributed by atoms with van der Waals surface area (Å²) in [6.07, 6.45) is 4.49. The summed E-state index contributed by atoms with van der Waals surface area (Å²) in [5.74, 6) is 0.663. The zero-order valence-electron chi connectivity index (χ0n) is 9.49. The number of likely N-dealkylation sites (tertiary alicyclic amines) is 1. The van der Waals surface area contributed by atoms with Crippen molar-refractivity contribution in [1.82, 2.24) is 4.90 Å². The van der Waals surface area contributed by atoms with Gasteiger partial charge in [-0.3, -0.25) is 4.79 Å². The summed E-state index contributed by atoms with van der Waals surface area (Å²) in [5, 5.41) is 1.91. The Morgan fingerprint density at radius 1 is 1.53 bits per heavy atom. The number of hydrogen-bond donors (Lipinski definition) is 0. The molecule has 0 aromatic carbocycles. The maximum absolute atomic E-state index is 12.4. The molecule has 0 radical (unpaired) electrons. The maximum atomic E-state index is 12.4. The molecule has 1 amide bonds. The van der Waals surface area contributed by atoms with E-state index in [-0.39, 0.29) is 11.9 Å². The molecule has 0 spiro atoms. The minimum absolute atomic E-state index is 0.125. The van der Waals surface area contributed by atoms with Gasteiger partial charge in [0.1, 0.15) is 0 Å². The van der Waals surface area contributed by atoms with Crippen LogP contribution in [0.4, 0.5) is 0 Å². The van der Waals surface area contributed by atoms with Gasteiger partial charge in [-0.15, -0.1) is 22.9 Å². The van der Waals surface area contributed by atoms with Gasteiger partial charge in [-0.25, -0.2) is 0 Å². The number of nitrogens with zero attached hydrogens (tertiary/aromatic N) is 1. The van der Waals surface area contributed by atoms with E-state index < -0.39 is 0 Å². The minimum atomic E-state index is 0.125. The zero-order chi connectivity index (χ0) is 12.3. The molecule has 17 heavy (non-hydrogen) atoms. The zero-order valence-corrected chi connectivity index (χ0v) is 12.7. The summed E-state index contributed by atoms with van der Waals surface area (Å²) in [4.78, 5) is 14.3. The second-order valence-corrected chi connectivity index (χ2v) is 6.89.